The maximum Gasteiger partial charge on any atom is 0.337 e. The minimum Gasteiger partial charge on any atom is -0.465 e. The van der Waals surface area contributed by atoms with Crippen LogP contribution in [0.1, 0.15) is 22.3 Å². The molecule has 0 aliphatic carbocycles. The third-order valence-electron chi connectivity index (χ3n) is 3.23. The Hall–Kier alpha value is -2.04. The quantitative estimate of drug-likeness (QED) is 0.814. The molecule has 0 aliphatic rings. The minimum atomic E-state index is -0.416. The molecule has 0 fully saturated rings. The molecule has 0 saturated heterocycles. The van der Waals surface area contributed by atoms with Crippen molar-refractivity contribution in [2.75, 3.05) is 12.4 Å². The van der Waals surface area contributed by atoms with Crippen LogP contribution in [0, 0.1) is 0 Å². The summed E-state index contributed by atoms with van der Waals surface area (Å²) in [4.78, 5) is 23.3. The van der Waals surface area contributed by atoms with Gasteiger partial charge in [-0.1, -0.05) is 29.3 Å². The molecule has 0 saturated carbocycles. The molecule has 1 amide bonds. The predicted molar refractivity (Wildman–Crippen MR) is 91.2 cm³/mol. The van der Waals surface area contributed by atoms with Crippen molar-refractivity contribution in [1.29, 1.82) is 0 Å². The largest absolute Gasteiger partial charge is 0.465 e. The van der Waals surface area contributed by atoms with Crippen molar-refractivity contribution in [2.45, 2.75) is 12.8 Å². The van der Waals surface area contributed by atoms with Crippen molar-refractivity contribution >= 4 is 40.8 Å². The third-order valence-corrected chi connectivity index (χ3v) is 3.81. The molecule has 0 spiro atoms. The molecule has 0 heterocycles. The zero-order valence-corrected chi connectivity index (χ0v) is 13.9. The molecular formula is C17H15Cl2NO3. The van der Waals surface area contributed by atoms with Gasteiger partial charge in [-0.15, -0.1) is 0 Å². The van der Waals surface area contributed by atoms with Gasteiger partial charge in [-0.3, -0.25) is 4.79 Å². The summed E-state index contributed by atoms with van der Waals surface area (Å²) >= 11 is 11.9. The number of aryl methyl sites for hydroxylation is 1. The summed E-state index contributed by atoms with van der Waals surface area (Å²) in [6.07, 6.45) is 0.808. The number of ether oxygens (including phenoxy) is 1. The SMILES string of the molecule is COC(=O)c1ccc(NC(=O)CCc2ccc(Cl)cc2Cl)cc1. The number of amides is 1. The Bertz CT molecular complexity index is 714. The topological polar surface area (TPSA) is 55.4 Å². The first-order chi connectivity index (χ1) is 11.0. The third kappa shape index (κ3) is 4.98. The highest BCUT2D eigenvalue weighted by Crippen LogP contribution is 2.22. The van der Waals surface area contributed by atoms with E-state index in [0.29, 0.717) is 34.1 Å². The number of esters is 1. The number of anilines is 1. The van der Waals surface area contributed by atoms with E-state index in [4.69, 9.17) is 23.2 Å². The summed E-state index contributed by atoms with van der Waals surface area (Å²) in [7, 11) is 1.32. The number of benzene rings is 2. The number of hydrogen-bond donors (Lipinski definition) is 1. The van der Waals surface area contributed by atoms with Gasteiger partial charge in [0.15, 0.2) is 0 Å². The summed E-state index contributed by atoms with van der Waals surface area (Å²) in [6, 6.07) is 11.7. The second-order valence-corrected chi connectivity index (χ2v) is 5.70. The summed E-state index contributed by atoms with van der Waals surface area (Å²) in [6.45, 7) is 0. The lowest BCUT2D eigenvalue weighted by molar-refractivity contribution is -0.116. The van der Waals surface area contributed by atoms with Crippen LogP contribution >= 0.6 is 23.2 Å². The van der Waals surface area contributed by atoms with Crippen molar-refractivity contribution in [3.8, 4) is 0 Å². The fourth-order valence-electron chi connectivity index (χ4n) is 2.00. The molecule has 120 valence electrons. The zero-order valence-electron chi connectivity index (χ0n) is 12.4. The summed E-state index contributed by atoms with van der Waals surface area (Å²) in [5.41, 5.74) is 1.91. The molecule has 2 rings (SSSR count). The minimum absolute atomic E-state index is 0.137. The second-order valence-electron chi connectivity index (χ2n) is 4.85. The van der Waals surface area contributed by atoms with E-state index in [0.717, 1.165) is 5.56 Å². The van der Waals surface area contributed by atoms with Crippen LogP contribution in [0.3, 0.4) is 0 Å². The van der Waals surface area contributed by atoms with Crippen molar-refractivity contribution in [2.24, 2.45) is 0 Å². The van der Waals surface area contributed by atoms with E-state index < -0.39 is 5.97 Å². The van der Waals surface area contributed by atoms with Gasteiger partial charge >= 0.3 is 5.97 Å². The van der Waals surface area contributed by atoms with Gasteiger partial charge in [0, 0.05) is 22.2 Å². The monoisotopic (exact) mass is 351 g/mol. The number of rotatable bonds is 5. The molecule has 4 nitrogen and oxygen atoms in total. The lowest BCUT2D eigenvalue weighted by atomic mass is 10.1. The molecule has 0 unspecified atom stereocenters. The Morgan fingerprint density at radius 1 is 1.09 bits per heavy atom. The zero-order chi connectivity index (χ0) is 16.8. The van der Waals surface area contributed by atoms with E-state index in [-0.39, 0.29) is 5.91 Å². The van der Waals surface area contributed by atoms with Gasteiger partial charge < -0.3 is 10.1 Å². The van der Waals surface area contributed by atoms with E-state index in [9.17, 15) is 9.59 Å². The molecule has 0 aliphatic heterocycles. The Morgan fingerprint density at radius 2 is 1.78 bits per heavy atom. The van der Waals surface area contributed by atoms with E-state index in [2.05, 4.69) is 10.1 Å². The van der Waals surface area contributed by atoms with Crippen molar-refractivity contribution in [3.63, 3.8) is 0 Å². The first-order valence-corrected chi connectivity index (χ1v) is 7.67. The van der Waals surface area contributed by atoms with Crippen LogP contribution in [0.5, 0.6) is 0 Å². The normalized spacial score (nSPS) is 10.2. The van der Waals surface area contributed by atoms with Gasteiger partial charge in [0.1, 0.15) is 0 Å². The Morgan fingerprint density at radius 3 is 2.39 bits per heavy atom. The first-order valence-electron chi connectivity index (χ1n) is 6.92. The lowest BCUT2D eigenvalue weighted by Gasteiger charge is -2.07. The average Bonchev–Trinajstić information content (AvgIpc) is 2.54. The highest BCUT2D eigenvalue weighted by atomic mass is 35.5. The van der Waals surface area contributed by atoms with Crippen LogP contribution in [-0.2, 0) is 16.0 Å². The second kappa shape index (κ2) is 7.99. The molecular weight excluding hydrogens is 337 g/mol. The summed E-state index contributed by atoms with van der Waals surface area (Å²) in [5.74, 6) is -0.554. The molecule has 1 N–H and O–H groups in total. The van der Waals surface area contributed by atoms with Crippen LogP contribution < -0.4 is 5.32 Å². The Kier molecular flexibility index (Phi) is 6.02. The molecule has 6 heteroatoms. The number of methoxy groups -OCH3 is 1. The van der Waals surface area contributed by atoms with Crippen molar-refractivity contribution in [1.82, 2.24) is 0 Å². The fourth-order valence-corrected chi connectivity index (χ4v) is 2.51. The summed E-state index contributed by atoms with van der Waals surface area (Å²) in [5, 5.41) is 3.88. The average molecular weight is 352 g/mol. The number of carbonyl (C=O) groups excluding carboxylic acids is 2. The number of carbonyl (C=O) groups is 2. The van der Waals surface area contributed by atoms with Gasteiger partial charge in [0.25, 0.3) is 0 Å². The van der Waals surface area contributed by atoms with E-state index in [1.165, 1.54) is 7.11 Å². The molecule has 0 atom stereocenters. The first kappa shape index (κ1) is 17.3. The van der Waals surface area contributed by atoms with Crippen LogP contribution in [0.2, 0.25) is 10.0 Å². The number of hydrogen-bond acceptors (Lipinski definition) is 3. The molecule has 2 aromatic carbocycles. The molecule has 0 radical (unpaired) electrons. The van der Waals surface area contributed by atoms with Gasteiger partial charge in [-0.05, 0) is 48.4 Å². The van der Waals surface area contributed by atoms with Gasteiger partial charge in [0.05, 0.1) is 12.7 Å². The van der Waals surface area contributed by atoms with Crippen LogP contribution in [0.15, 0.2) is 42.5 Å². The van der Waals surface area contributed by atoms with Gasteiger partial charge in [-0.2, -0.15) is 0 Å². The van der Waals surface area contributed by atoms with E-state index >= 15 is 0 Å². The molecule has 2 aromatic rings. The van der Waals surface area contributed by atoms with Crippen LogP contribution in [0.4, 0.5) is 5.69 Å². The maximum atomic E-state index is 12.0. The number of nitrogens with one attached hydrogen (secondary N) is 1. The summed E-state index contributed by atoms with van der Waals surface area (Å²) < 4.78 is 4.62. The highest BCUT2D eigenvalue weighted by Gasteiger charge is 2.08. The lowest BCUT2D eigenvalue weighted by Crippen LogP contribution is -2.12. The maximum absolute atomic E-state index is 12.0. The predicted octanol–water partition coefficient (Wildman–Crippen LogP) is 4.35. The Labute approximate surface area is 144 Å². The Balaban J connectivity index is 1.90. The number of halogens is 2. The molecule has 0 bridgehead atoms. The van der Waals surface area contributed by atoms with E-state index in [1.807, 2.05) is 6.07 Å². The van der Waals surface area contributed by atoms with Gasteiger partial charge in [-0.25, -0.2) is 4.79 Å². The van der Waals surface area contributed by atoms with Crippen LogP contribution in [-0.4, -0.2) is 19.0 Å². The standard InChI is InChI=1S/C17H15Cl2NO3/c1-23-17(22)12-3-7-14(8-4-12)20-16(21)9-5-11-2-6-13(18)10-15(11)19/h2-4,6-8,10H,5,9H2,1H3,(H,20,21). The molecule has 23 heavy (non-hydrogen) atoms. The molecule has 0 aromatic heterocycles. The van der Waals surface area contributed by atoms with Crippen LogP contribution in [0.25, 0.3) is 0 Å². The fraction of sp³-hybridized carbons (Fsp3) is 0.176. The highest BCUT2D eigenvalue weighted by molar-refractivity contribution is 6.35. The van der Waals surface area contributed by atoms with Crippen molar-refractivity contribution < 1.29 is 14.3 Å². The van der Waals surface area contributed by atoms with E-state index in [1.54, 1.807) is 36.4 Å². The smallest absolute Gasteiger partial charge is 0.337 e. The van der Waals surface area contributed by atoms with Crippen molar-refractivity contribution in [3.05, 3.63) is 63.6 Å². The van der Waals surface area contributed by atoms with Gasteiger partial charge in [0.2, 0.25) is 5.91 Å².